The second-order valence-electron chi connectivity index (χ2n) is 6.58. The lowest BCUT2D eigenvalue weighted by Gasteiger charge is -2.35. The fourth-order valence-electron chi connectivity index (χ4n) is 3.44. The maximum Gasteiger partial charge on any atom is 0.110 e. The van der Waals surface area contributed by atoms with Gasteiger partial charge in [-0.15, -0.1) is 0 Å². The summed E-state index contributed by atoms with van der Waals surface area (Å²) in [5, 5.41) is 6.81. The lowest BCUT2D eigenvalue weighted by atomic mass is 9.81. The third-order valence-corrected chi connectivity index (χ3v) is 4.73. The topological polar surface area (TPSA) is 24.1 Å². The summed E-state index contributed by atoms with van der Waals surface area (Å²) >= 11 is 4.22. The molecule has 126 valence electrons. The van der Waals surface area contributed by atoms with E-state index in [2.05, 4.69) is 49.4 Å². The largest absolute Gasteiger partial charge is 0.384 e. The highest BCUT2D eigenvalue weighted by molar-refractivity contribution is 7.80. The molecule has 0 spiro atoms. The number of thiol groups is 1. The van der Waals surface area contributed by atoms with Gasteiger partial charge in [-0.1, -0.05) is 31.7 Å². The van der Waals surface area contributed by atoms with Gasteiger partial charge in [-0.05, 0) is 49.7 Å². The van der Waals surface area contributed by atoms with E-state index in [1.54, 1.807) is 6.08 Å². The average Bonchev–Trinajstić information content (AvgIpc) is 2.42. The van der Waals surface area contributed by atoms with Crippen molar-refractivity contribution in [3.8, 4) is 0 Å². The Morgan fingerprint density at radius 1 is 1.39 bits per heavy atom. The first-order chi connectivity index (χ1) is 10.8. The van der Waals surface area contributed by atoms with Crippen LogP contribution in [0.25, 0.3) is 0 Å². The second-order valence-corrected chi connectivity index (χ2v) is 7.02. The minimum Gasteiger partial charge on any atom is -0.384 e. The predicted molar refractivity (Wildman–Crippen MR) is 100.0 cm³/mol. The van der Waals surface area contributed by atoms with Crippen LogP contribution in [-0.2, 0) is 0 Å². The standard InChI is InChI=1S/C19H27FN2S/c1-11(6-7-23)18-12(2)9-16(10-17(18)20)22-19-13(3)8-14(4)21-15(19)5/h8-10,12,15,18-19,21-23H,1,3,6-7H2,2,4-5H3. The molecular formula is C19H27FN2S. The lowest BCUT2D eigenvalue weighted by Crippen LogP contribution is -2.48. The number of halogens is 1. The molecule has 2 N–H and O–H groups in total. The van der Waals surface area contributed by atoms with Crippen LogP contribution in [0.2, 0.25) is 0 Å². The molecule has 1 heterocycles. The van der Waals surface area contributed by atoms with Gasteiger partial charge in [-0.2, -0.15) is 12.6 Å². The molecule has 0 aromatic carbocycles. The van der Waals surface area contributed by atoms with E-state index in [1.165, 1.54) is 0 Å². The molecule has 0 aromatic heterocycles. The Morgan fingerprint density at radius 2 is 2.09 bits per heavy atom. The van der Waals surface area contributed by atoms with Gasteiger partial charge in [-0.25, -0.2) is 4.39 Å². The Balaban J connectivity index is 2.13. The monoisotopic (exact) mass is 334 g/mol. The third kappa shape index (κ3) is 4.11. The first-order valence-corrected chi connectivity index (χ1v) is 8.74. The number of rotatable bonds is 5. The Bertz CT molecular complexity index is 588. The molecule has 1 aliphatic carbocycles. The van der Waals surface area contributed by atoms with Crippen LogP contribution in [0.1, 0.15) is 27.2 Å². The molecule has 2 rings (SSSR count). The molecule has 4 unspecified atom stereocenters. The maximum atomic E-state index is 14.6. The van der Waals surface area contributed by atoms with Crippen LogP contribution in [0, 0.1) is 11.8 Å². The Hall–Kier alpha value is -1.42. The van der Waals surface area contributed by atoms with E-state index in [-0.39, 0.29) is 29.7 Å². The minimum atomic E-state index is -0.236. The molecule has 0 saturated heterocycles. The van der Waals surface area contributed by atoms with Crippen LogP contribution in [0.15, 0.2) is 59.8 Å². The molecule has 4 atom stereocenters. The van der Waals surface area contributed by atoms with Gasteiger partial charge in [0.25, 0.3) is 0 Å². The molecule has 4 heteroatoms. The summed E-state index contributed by atoms with van der Waals surface area (Å²) in [4.78, 5) is 0. The van der Waals surface area contributed by atoms with Crippen molar-refractivity contribution in [1.29, 1.82) is 0 Å². The van der Waals surface area contributed by atoms with Crippen molar-refractivity contribution in [2.24, 2.45) is 11.8 Å². The van der Waals surface area contributed by atoms with E-state index in [1.807, 2.05) is 19.9 Å². The van der Waals surface area contributed by atoms with Gasteiger partial charge in [0.05, 0.1) is 6.04 Å². The normalized spacial score (nSPS) is 30.8. The molecular weight excluding hydrogens is 307 g/mol. The molecule has 2 nitrogen and oxygen atoms in total. The first-order valence-electron chi connectivity index (χ1n) is 8.11. The van der Waals surface area contributed by atoms with Crippen molar-refractivity contribution in [2.75, 3.05) is 5.75 Å². The summed E-state index contributed by atoms with van der Waals surface area (Å²) in [5.74, 6) is 0.413. The maximum absolute atomic E-state index is 14.6. The van der Waals surface area contributed by atoms with Gasteiger partial charge < -0.3 is 10.6 Å². The van der Waals surface area contributed by atoms with Gasteiger partial charge in [0.1, 0.15) is 5.83 Å². The van der Waals surface area contributed by atoms with Crippen LogP contribution in [0.5, 0.6) is 0 Å². The molecule has 0 amide bonds. The molecule has 0 saturated carbocycles. The highest BCUT2D eigenvalue weighted by Gasteiger charge is 2.29. The van der Waals surface area contributed by atoms with Crippen molar-refractivity contribution >= 4 is 12.6 Å². The molecule has 2 aliphatic rings. The van der Waals surface area contributed by atoms with E-state index in [0.29, 0.717) is 5.75 Å². The van der Waals surface area contributed by atoms with Gasteiger partial charge in [0, 0.05) is 23.4 Å². The van der Waals surface area contributed by atoms with Crippen molar-refractivity contribution in [2.45, 2.75) is 39.3 Å². The summed E-state index contributed by atoms with van der Waals surface area (Å²) in [6.45, 7) is 14.3. The van der Waals surface area contributed by atoms with E-state index in [0.717, 1.165) is 29.0 Å². The highest BCUT2D eigenvalue weighted by atomic mass is 32.1. The predicted octanol–water partition coefficient (Wildman–Crippen LogP) is 4.28. The molecule has 0 fully saturated rings. The number of hydrogen-bond acceptors (Lipinski definition) is 3. The van der Waals surface area contributed by atoms with E-state index >= 15 is 0 Å². The highest BCUT2D eigenvalue weighted by Crippen LogP contribution is 2.36. The fraction of sp³-hybridized carbons (Fsp3) is 0.474. The minimum absolute atomic E-state index is 0.0541. The lowest BCUT2D eigenvalue weighted by molar-refractivity contribution is 0.415. The van der Waals surface area contributed by atoms with Crippen molar-refractivity contribution in [1.82, 2.24) is 10.6 Å². The van der Waals surface area contributed by atoms with E-state index in [9.17, 15) is 4.39 Å². The van der Waals surface area contributed by atoms with Crippen LogP contribution in [0.3, 0.4) is 0 Å². The number of allylic oxidation sites excluding steroid dienone is 5. The zero-order valence-corrected chi connectivity index (χ0v) is 15.1. The van der Waals surface area contributed by atoms with E-state index < -0.39 is 0 Å². The quantitative estimate of drug-likeness (QED) is 0.516. The van der Waals surface area contributed by atoms with E-state index in [4.69, 9.17) is 0 Å². The van der Waals surface area contributed by atoms with Crippen molar-refractivity contribution in [3.05, 3.63) is 59.8 Å². The first kappa shape index (κ1) is 17.9. The smallest absolute Gasteiger partial charge is 0.110 e. The van der Waals surface area contributed by atoms with Gasteiger partial charge >= 0.3 is 0 Å². The molecule has 23 heavy (non-hydrogen) atoms. The molecule has 1 aliphatic heterocycles. The summed E-state index contributed by atoms with van der Waals surface area (Å²) in [7, 11) is 0. The zero-order valence-electron chi connectivity index (χ0n) is 14.2. The number of hydrogen-bond donors (Lipinski definition) is 3. The Morgan fingerprint density at radius 3 is 2.65 bits per heavy atom. The molecule has 0 radical (unpaired) electrons. The molecule has 0 aromatic rings. The third-order valence-electron chi connectivity index (χ3n) is 4.51. The summed E-state index contributed by atoms with van der Waals surface area (Å²) in [6, 6.07) is 0.260. The van der Waals surface area contributed by atoms with Crippen molar-refractivity contribution in [3.63, 3.8) is 0 Å². The molecule has 0 bridgehead atoms. The summed E-state index contributed by atoms with van der Waals surface area (Å²) in [6.07, 6.45) is 6.45. The van der Waals surface area contributed by atoms with Crippen LogP contribution in [-0.4, -0.2) is 17.8 Å². The number of nitrogens with one attached hydrogen (secondary N) is 2. The second kappa shape index (κ2) is 7.43. The van der Waals surface area contributed by atoms with Crippen LogP contribution in [0.4, 0.5) is 4.39 Å². The van der Waals surface area contributed by atoms with Gasteiger partial charge in [0.2, 0.25) is 0 Å². The Kier molecular flexibility index (Phi) is 5.79. The zero-order chi connectivity index (χ0) is 17.1. The Labute approximate surface area is 144 Å². The summed E-state index contributed by atoms with van der Waals surface area (Å²) in [5.41, 5.74) is 3.85. The van der Waals surface area contributed by atoms with Gasteiger partial charge in [-0.3, -0.25) is 0 Å². The van der Waals surface area contributed by atoms with Crippen molar-refractivity contribution < 1.29 is 4.39 Å². The fourth-order valence-corrected chi connectivity index (χ4v) is 3.73. The van der Waals surface area contributed by atoms with Crippen LogP contribution >= 0.6 is 12.6 Å². The van der Waals surface area contributed by atoms with Gasteiger partial charge in [0.15, 0.2) is 0 Å². The summed E-state index contributed by atoms with van der Waals surface area (Å²) < 4.78 is 14.6. The van der Waals surface area contributed by atoms with Crippen LogP contribution < -0.4 is 10.6 Å². The SMILES string of the molecule is C=C1C=C(C)NC(C)C1NC1=CC(C)C(C(=C)CCS)C(F)=C1. The average molecular weight is 335 g/mol.